The van der Waals surface area contributed by atoms with Crippen molar-refractivity contribution >= 4 is 10.9 Å². The molecule has 0 amide bonds. The molecule has 1 aromatic carbocycles. The van der Waals surface area contributed by atoms with Crippen molar-refractivity contribution in [2.75, 3.05) is 20.2 Å². The average Bonchev–Trinajstić information content (AvgIpc) is 3.08. The van der Waals surface area contributed by atoms with Gasteiger partial charge in [0, 0.05) is 30.2 Å². The van der Waals surface area contributed by atoms with Gasteiger partial charge in [0.05, 0.1) is 12.6 Å². The van der Waals surface area contributed by atoms with Crippen LogP contribution in [0.1, 0.15) is 18.4 Å². The summed E-state index contributed by atoms with van der Waals surface area (Å²) in [6.45, 7) is 5.87. The van der Waals surface area contributed by atoms with Crippen LogP contribution in [-0.2, 0) is 6.42 Å². The first-order valence-electron chi connectivity index (χ1n) is 7.41. The van der Waals surface area contributed by atoms with Gasteiger partial charge in [0.25, 0.3) is 0 Å². The van der Waals surface area contributed by atoms with Crippen molar-refractivity contribution in [2.24, 2.45) is 0 Å². The number of aromatic amines is 1. The number of likely N-dealkylation sites (tertiary alicyclic amines) is 1. The molecule has 1 aromatic heterocycles. The smallest absolute Gasteiger partial charge is 0.150 e. The quantitative estimate of drug-likeness (QED) is 0.853. The number of aromatic nitrogens is 1. The first kappa shape index (κ1) is 14.1. The number of nitrogens with one attached hydrogen (secondary N) is 1. The van der Waals surface area contributed by atoms with E-state index in [1.165, 1.54) is 18.9 Å². The van der Waals surface area contributed by atoms with E-state index < -0.39 is 0 Å². The van der Waals surface area contributed by atoms with Gasteiger partial charge in [-0.15, -0.1) is 6.58 Å². The molecule has 3 nitrogen and oxygen atoms in total. The van der Waals surface area contributed by atoms with E-state index in [0.29, 0.717) is 17.3 Å². The number of nitrogens with zero attached hydrogens (tertiary/aromatic N) is 1. The Balaban J connectivity index is 1.90. The molecule has 2 heterocycles. The van der Waals surface area contributed by atoms with Crippen LogP contribution in [0.5, 0.6) is 5.75 Å². The summed E-state index contributed by atoms with van der Waals surface area (Å²) in [5.41, 5.74) is 1.72. The Labute approximate surface area is 124 Å². The lowest BCUT2D eigenvalue weighted by Crippen LogP contribution is -2.31. The third-order valence-electron chi connectivity index (χ3n) is 4.35. The summed E-state index contributed by atoms with van der Waals surface area (Å²) in [5, 5.41) is 0.928. The Morgan fingerprint density at radius 1 is 1.52 bits per heavy atom. The summed E-state index contributed by atoms with van der Waals surface area (Å²) < 4.78 is 19.2. The maximum atomic E-state index is 14.0. The summed E-state index contributed by atoms with van der Waals surface area (Å²) >= 11 is 0. The zero-order valence-corrected chi connectivity index (χ0v) is 12.4. The van der Waals surface area contributed by atoms with Crippen molar-refractivity contribution < 1.29 is 9.13 Å². The molecule has 1 fully saturated rings. The minimum atomic E-state index is -0.259. The average molecular weight is 288 g/mol. The molecule has 0 bridgehead atoms. The van der Waals surface area contributed by atoms with Crippen LogP contribution in [0.25, 0.3) is 10.9 Å². The van der Waals surface area contributed by atoms with Crippen LogP contribution >= 0.6 is 0 Å². The van der Waals surface area contributed by atoms with E-state index in [4.69, 9.17) is 4.74 Å². The van der Waals surface area contributed by atoms with Crippen molar-refractivity contribution in [3.05, 3.63) is 42.4 Å². The molecule has 2 aromatic rings. The second-order valence-corrected chi connectivity index (χ2v) is 5.63. The van der Waals surface area contributed by atoms with Crippen LogP contribution in [-0.4, -0.2) is 36.1 Å². The number of hydrogen-bond acceptors (Lipinski definition) is 2. The van der Waals surface area contributed by atoms with Crippen LogP contribution in [0.3, 0.4) is 0 Å². The second kappa shape index (κ2) is 5.90. The van der Waals surface area contributed by atoms with Crippen molar-refractivity contribution in [1.82, 2.24) is 9.88 Å². The Bertz CT molecular complexity index is 650. The fourth-order valence-corrected chi connectivity index (χ4v) is 3.29. The highest BCUT2D eigenvalue weighted by Crippen LogP contribution is 2.29. The largest absolute Gasteiger partial charge is 0.497 e. The van der Waals surface area contributed by atoms with Gasteiger partial charge in [-0.2, -0.15) is 0 Å². The van der Waals surface area contributed by atoms with Crippen molar-refractivity contribution in [3.63, 3.8) is 0 Å². The molecule has 0 saturated carbocycles. The SMILES string of the molecule is C=CCN1CCC[C@@H]1Cc1c[nH]c2c(F)cc(OC)cc12. The minimum Gasteiger partial charge on any atom is -0.497 e. The maximum absolute atomic E-state index is 14.0. The van der Waals surface area contributed by atoms with Crippen LogP contribution in [0.15, 0.2) is 31.0 Å². The Kier molecular flexibility index (Phi) is 3.97. The minimum absolute atomic E-state index is 0.259. The van der Waals surface area contributed by atoms with E-state index in [0.717, 1.165) is 30.5 Å². The number of H-pyrrole nitrogens is 1. The molecule has 1 N–H and O–H groups in total. The zero-order chi connectivity index (χ0) is 14.8. The molecule has 112 valence electrons. The van der Waals surface area contributed by atoms with E-state index in [9.17, 15) is 4.39 Å². The van der Waals surface area contributed by atoms with E-state index in [2.05, 4.69) is 16.5 Å². The van der Waals surface area contributed by atoms with Gasteiger partial charge >= 0.3 is 0 Å². The van der Waals surface area contributed by atoms with Gasteiger partial charge in [-0.3, -0.25) is 4.90 Å². The van der Waals surface area contributed by atoms with Crippen LogP contribution < -0.4 is 4.74 Å². The molecule has 4 heteroatoms. The Morgan fingerprint density at radius 2 is 2.38 bits per heavy atom. The standard InChI is InChI=1S/C17H21FN2O/c1-3-6-20-7-4-5-13(20)8-12-11-19-17-15(12)9-14(21-2)10-16(17)18/h3,9-11,13,19H,1,4-8H2,2H3/t13-/m1/s1. The van der Waals surface area contributed by atoms with Crippen LogP contribution in [0.4, 0.5) is 4.39 Å². The molecular formula is C17H21FN2O. The highest BCUT2D eigenvalue weighted by Gasteiger charge is 2.24. The van der Waals surface area contributed by atoms with Gasteiger partial charge in [0.2, 0.25) is 0 Å². The molecule has 0 spiro atoms. The molecule has 21 heavy (non-hydrogen) atoms. The van der Waals surface area contributed by atoms with Gasteiger partial charge in [0.1, 0.15) is 5.75 Å². The molecular weight excluding hydrogens is 267 g/mol. The number of halogens is 1. The normalized spacial score (nSPS) is 19.2. The van der Waals surface area contributed by atoms with Gasteiger partial charge in [0.15, 0.2) is 5.82 Å². The Morgan fingerprint density at radius 3 is 3.14 bits per heavy atom. The predicted molar refractivity (Wildman–Crippen MR) is 83.3 cm³/mol. The lowest BCUT2D eigenvalue weighted by molar-refractivity contribution is 0.280. The van der Waals surface area contributed by atoms with Crippen LogP contribution in [0, 0.1) is 5.82 Å². The molecule has 0 radical (unpaired) electrons. The number of ether oxygens (including phenoxy) is 1. The van der Waals surface area contributed by atoms with Gasteiger partial charge < -0.3 is 9.72 Å². The van der Waals surface area contributed by atoms with Crippen molar-refractivity contribution in [3.8, 4) is 5.75 Å². The molecule has 0 aliphatic carbocycles. The number of rotatable bonds is 5. The third kappa shape index (κ3) is 2.68. The molecule has 3 rings (SSSR count). The third-order valence-corrected chi connectivity index (χ3v) is 4.35. The highest BCUT2D eigenvalue weighted by atomic mass is 19.1. The van der Waals surface area contributed by atoms with Crippen molar-refractivity contribution in [2.45, 2.75) is 25.3 Å². The second-order valence-electron chi connectivity index (χ2n) is 5.63. The topological polar surface area (TPSA) is 28.3 Å². The summed E-state index contributed by atoms with van der Waals surface area (Å²) in [7, 11) is 1.57. The van der Waals surface area contributed by atoms with Gasteiger partial charge in [-0.1, -0.05) is 6.08 Å². The van der Waals surface area contributed by atoms with Gasteiger partial charge in [-0.25, -0.2) is 4.39 Å². The summed E-state index contributed by atoms with van der Waals surface area (Å²) in [6.07, 6.45) is 7.22. The Hall–Kier alpha value is -1.81. The van der Waals surface area contributed by atoms with Crippen molar-refractivity contribution in [1.29, 1.82) is 0 Å². The lowest BCUT2D eigenvalue weighted by atomic mass is 10.0. The summed E-state index contributed by atoms with van der Waals surface area (Å²) in [5.74, 6) is 0.306. The number of hydrogen-bond donors (Lipinski definition) is 1. The number of benzene rings is 1. The monoisotopic (exact) mass is 288 g/mol. The van der Waals surface area contributed by atoms with Crippen LogP contribution in [0.2, 0.25) is 0 Å². The highest BCUT2D eigenvalue weighted by molar-refractivity contribution is 5.85. The van der Waals surface area contributed by atoms with Gasteiger partial charge in [-0.05, 0) is 37.4 Å². The maximum Gasteiger partial charge on any atom is 0.150 e. The molecule has 1 aliphatic rings. The summed E-state index contributed by atoms with van der Waals surface area (Å²) in [6, 6.07) is 3.84. The number of fused-ring (bicyclic) bond motifs is 1. The first-order chi connectivity index (χ1) is 10.2. The fourth-order valence-electron chi connectivity index (χ4n) is 3.29. The van der Waals surface area contributed by atoms with E-state index in [1.807, 2.05) is 18.3 Å². The molecule has 1 saturated heterocycles. The molecule has 0 unspecified atom stereocenters. The van der Waals surface area contributed by atoms with E-state index in [-0.39, 0.29) is 5.82 Å². The van der Waals surface area contributed by atoms with E-state index >= 15 is 0 Å². The fraction of sp³-hybridized carbons (Fsp3) is 0.412. The van der Waals surface area contributed by atoms with E-state index in [1.54, 1.807) is 7.11 Å². The first-order valence-corrected chi connectivity index (χ1v) is 7.41. The summed E-state index contributed by atoms with van der Waals surface area (Å²) in [4.78, 5) is 5.51. The molecule has 1 aliphatic heterocycles. The zero-order valence-electron chi connectivity index (χ0n) is 12.4. The number of methoxy groups -OCH3 is 1. The lowest BCUT2D eigenvalue weighted by Gasteiger charge is -2.22. The predicted octanol–water partition coefficient (Wildman–Crippen LogP) is 3.51. The molecule has 1 atom stereocenters.